The maximum Gasteiger partial charge on any atom is 0.225 e. The Morgan fingerprint density at radius 1 is 1.56 bits per heavy atom. The third-order valence-electron chi connectivity index (χ3n) is 2.93. The van der Waals surface area contributed by atoms with Crippen LogP contribution < -0.4 is 10.1 Å². The van der Waals surface area contributed by atoms with Gasteiger partial charge in [-0.3, -0.25) is 0 Å². The molecule has 0 aromatic carbocycles. The summed E-state index contributed by atoms with van der Waals surface area (Å²) >= 11 is 6.20. The maximum atomic E-state index is 6.20. The molecule has 2 unspecified atom stereocenters. The molecule has 1 aliphatic carbocycles. The highest BCUT2D eigenvalue weighted by atomic mass is 35.5. The molecule has 1 heterocycles. The van der Waals surface area contributed by atoms with Crippen LogP contribution in [0.5, 0.6) is 5.88 Å². The SMILES string of the molecule is COc1ccnc(NCC2CCCC2Cl)n1. The molecule has 88 valence electrons. The summed E-state index contributed by atoms with van der Waals surface area (Å²) in [5.74, 6) is 1.71. The lowest BCUT2D eigenvalue weighted by Gasteiger charge is -2.14. The van der Waals surface area contributed by atoms with Gasteiger partial charge in [0.1, 0.15) is 0 Å². The summed E-state index contributed by atoms with van der Waals surface area (Å²) in [6.45, 7) is 0.835. The molecule has 1 aliphatic rings. The first-order chi connectivity index (χ1) is 7.79. The molecule has 0 aliphatic heterocycles. The Morgan fingerprint density at radius 2 is 2.44 bits per heavy atom. The molecule has 1 N–H and O–H groups in total. The number of hydrogen-bond donors (Lipinski definition) is 1. The standard InChI is InChI=1S/C11H16ClN3O/c1-16-10-5-6-13-11(15-10)14-7-8-3-2-4-9(8)12/h5-6,8-9H,2-4,7H2,1H3,(H,13,14,15). The largest absolute Gasteiger partial charge is 0.481 e. The topological polar surface area (TPSA) is 47.0 Å². The van der Waals surface area contributed by atoms with Crippen LogP contribution in [0.4, 0.5) is 5.95 Å². The van der Waals surface area contributed by atoms with E-state index in [1.807, 2.05) is 0 Å². The van der Waals surface area contributed by atoms with Crippen molar-refractivity contribution in [3.8, 4) is 5.88 Å². The van der Waals surface area contributed by atoms with Crippen LogP contribution in [-0.4, -0.2) is 29.0 Å². The van der Waals surface area contributed by atoms with Crippen LogP contribution in [-0.2, 0) is 0 Å². The summed E-state index contributed by atoms with van der Waals surface area (Å²) in [6.07, 6.45) is 5.21. The Balaban J connectivity index is 1.88. The number of ether oxygens (including phenoxy) is 1. The number of nitrogens with zero attached hydrogens (tertiary/aromatic N) is 2. The summed E-state index contributed by atoms with van der Waals surface area (Å²) in [5.41, 5.74) is 0. The first kappa shape index (κ1) is 11.5. The fourth-order valence-electron chi connectivity index (χ4n) is 1.98. The first-order valence-corrected chi connectivity index (χ1v) is 5.98. The minimum Gasteiger partial charge on any atom is -0.481 e. The fraction of sp³-hybridized carbons (Fsp3) is 0.636. The lowest BCUT2D eigenvalue weighted by molar-refractivity contribution is 0.397. The van der Waals surface area contributed by atoms with Crippen molar-refractivity contribution in [1.29, 1.82) is 0 Å². The van der Waals surface area contributed by atoms with E-state index >= 15 is 0 Å². The zero-order chi connectivity index (χ0) is 11.4. The normalized spacial score (nSPS) is 24.4. The van der Waals surface area contributed by atoms with Gasteiger partial charge in [-0.05, 0) is 18.8 Å². The average molecular weight is 242 g/mol. The summed E-state index contributed by atoms with van der Waals surface area (Å²) < 4.78 is 5.03. The average Bonchev–Trinajstić information content (AvgIpc) is 2.72. The van der Waals surface area contributed by atoms with E-state index in [4.69, 9.17) is 16.3 Å². The van der Waals surface area contributed by atoms with Crippen molar-refractivity contribution in [3.05, 3.63) is 12.3 Å². The number of anilines is 1. The van der Waals surface area contributed by atoms with Crippen molar-refractivity contribution in [1.82, 2.24) is 9.97 Å². The van der Waals surface area contributed by atoms with Crippen LogP contribution in [0.3, 0.4) is 0 Å². The quantitative estimate of drug-likeness (QED) is 0.822. The van der Waals surface area contributed by atoms with Gasteiger partial charge in [-0.1, -0.05) is 6.42 Å². The predicted molar refractivity (Wildman–Crippen MR) is 64.1 cm³/mol. The van der Waals surface area contributed by atoms with Crippen LogP contribution in [0.1, 0.15) is 19.3 Å². The zero-order valence-corrected chi connectivity index (χ0v) is 10.1. The molecule has 1 aromatic heterocycles. The smallest absolute Gasteiger partial charge is 0.225 e. The maximum absolute atomic E-state index is 6.20. The van der Waals surface area contributed by atoms with E-state index in [2.05, 4.69) is 15.3 Å². The number of alkyl halides is 1. The molecule has 2 rings (SSSR count). The van der Waals surface area contributed by atoms with Crippen molar-refractivity contribution in [2.75, 3.05) is 19.0 Å². The second-order valence-electron chi connectivity index (χ2n) is 4.01. The van der Waals surface area contributed by atoms with E-state index in [-0.39, 0.29) is 5.38 Å². The molecule has 1 saturated carbocycles. The fourth-order valence-corrected chi connectivity index (χ4v) is 2.35. The van der Waals surface area contributed by atoms with Gasteiger partial charge in [0, 0.05) is 24.2 Å². The molecule has 5 heteroatoms. The van der Waals surface area contributed by atoms with Gasteiger partial charge in [0.25, 0.3) is 0 Å². The number of nitrogens with one attached hydrogen (secondary N) is 1. The van der Waals surface area contributed by atoms with Crippen molar-refractivity contribution in [2.24, 2.45) is 5.92 Å². The summed E-state index contributed by atoms with van der Waals surface area (Å²) in [7, 11) is 1.60. The van der Waals surface area contributed by atoms with Crippen LogP contribution in [0.25, 0.3) is 0 Å². The van der Waals surface area contributed by atoms with Gasteiger partial charge in [0.05, 0.1) is 7.11 Å². The first-order valence-electron chi connectivity index (χ1n) is 5.54. The minimum atomic E-state index is 0.290. The summed E-state index contributed by atoms with van der Waals surface area (Å²) in [5, 5.41) is 3.49. The van der Waals surface area contributed by atoms with E-state index in [1.165, 1.54) is 12.8 Å². The number of halogens is 1. The molecule has 2 atom stereocenters. The van der Waals surface area contributed by atoms with Crippen molar-refractivity contribution in [3.63, 3.8) is 0 Å². The Labute approximate surface area is 100 Å². The second-order valence-corrected chi connectivity index (χ2v) is 4.57. The van der Waals surface area contributed by atoms with Crippen LogP contribution in [0.2, 0.25) is 0 Å². The Kier molecular flexibility index (Phi) is 3.83. The number of methoxy groups -OCH3 is 1. The molecule has 0 amide bonds. The molecule has 0 spiro atoms. The summed E-state index contributed by atoms with van der Waals surface area (Å²) in [6, 6.07) is 1.73. The predicted octanol–water partition coefficient (Wildman–Crippen LogP) is 2.30. The highest BCUT2D eigenvalue weighted by Crippen LogP contribution is 2.29. The molecular formula is C11H16ClN3O. The summed E-state index contributed by atoms with van der Waals surface area (Å²) in [4.78, 5) is 8.32. The van der Waals surface area contributed by atoms with Gasteiger partial charge in [-0.25, -0.2) is 4.98 Å². The number of aromatic nitrogens is 2. The second kappa shape index (κ2) is 5.34. The van der Waals surface area contributed by atoms with Gasteiger partial charge in [0.2, 0.25) is 11.8 Å². The van der Waals surface area contributed by atoms with Gasteiger partial charge in [0.15, 0.2) is 0 Å². The number of rotatable bonds is 4. The molecule has 4 nitrogen and oxygen atoms in total. The van der Waals surface area contributed by atoms with Crippen LogP contribution in [0.15, 0.2) is 12.3 Å². The Bertz CT molecular complexity index is 348. The van der Waals surface area contributed by atoms with Gasteiger partial charge >= 0.3 is 0 Å². The highest BCUT2D eigenvalue weighted by molar-refractivity contribution is 6.20. The monoisotopic (exact) mass is 241 g/mol. The molecule has 0 radical (unpaired) electrons. The van der Waals surface area contributed by atoms with E-state index in [9.17, 15) is 0 Å². The lowest BCUT2D eigenvalue weighted by atomic mass is 10.1. The van der Waals surface area contributed by atoms with E-state index in [1.54, 1.807) is 19.4 Å². The van der Waals surface area contributed by atoms with Gasteiger partial charge in [-0.2, -0.15) is 4.98 Å². The molecular weight excluding hydrogens is 226 g/mol. The zero-order valence-electron chi connectivity index (χ0n) is 9.32. The van der Waals surface area contributed by atoms with E-state index in [0.717, 1.165) is 13.0 Å². The lowest BCUT2D eigenvalue weighted by Crippen LogP contribution is -2.19. The molecule has 0 saturated heterocycles. The van der Waals surface area contributed by atoms with Crippen LogP contribution in [0, 0.1) is 5.92 Å². The van der Waals surface area contributed by atoms with Crippen molar-refractivity contribution < 1.29 is 4.74 Å². The Hall–Kier alpha value is -1.03. The highest BCUT2D eigenvalue weighted by Gasteiger charge is 2.24. The molecule has 0 bridgehead atoms. The Morgan fingerprint density at radius 3 is 3.12 bits per heavy atom. The van der Waals surface area contributed by atoms with Gasteiger partial charge < -0.3 is 10.1 Å². The molecule has 16 heavy (non-hydrogen) atoms. The van der Waals surface area contributed by atoms with Crippen molar-refractivity contribution in [2.45, 2.75) is 24.6 Å². The third kappa shape index (κ3) is 2.76. The van der Waals surface area contributed by atoms with Gasteiger partial charge in [-0.15, -0.1) is 11.6 Å². The van der Waals surface area contributed by atoms with Crippen molar-refractivity contribution >= 4 is 17.5 Å². The molecule has 1 fully saturated rings. The molecule has 1 aromatic rings. The van der Waals surface area contributed by atoms with E-state index < -0.39 is 0 Å². The number of hydrogen-bond acceptors (Lipinski definition) is 4. The minimum absolute atomic E-state index is 0.290. The van der Waals surface area contributed by atoms with E-state index in [0.29, 0.717) is 17.7 Å². The third-order valence-corrected chi connectivity index (χ3v) is 3.50. The van der Waals surface area contributed by atoms with Crippen LogP contribution >= 0.6 is 11.6 Å².